The van der Waals surface area contributed by atoms with E-state index in [2.05, 4.69) is 18.0 Å². The Morgan fingerprint density at radius 1 is 1.47 bits per heavy atom. The summed E-state index contributed by atoms with van der Waals surface area (Å²) >= 11 is 0. The zero-order chi connectivity index (χ0) is 12.3. The number of carbonyl (C=O) groups is 1. The third kappa shape index (κ3) is 2.75. The molecule has 1 N–H and O–H groups in total. The van der Waals surface area contributed by atoms with Gasteiger partial charge in [0.1, 0.15) is 0 Å². The summed E-state index contributed by atoms with van der Waals surface area (Å²) in [5, 5.41) is 8.89. The Hall–Kier alpha value is -1.58. The molecule has 4 heteroatoms. The van der Waals surface area contributed by atoms with Crippen LogP contribution in [0.25, 0.3) is 0 Å². The molecule has 0 saturated carbocycles. The molecule has 1 aliphatic heterocycles. The molecule has 17 heavy (non-hydrogen) atoms. The van der Waals surface area contributed by atoms with Crippen molar-refractivity contribution in [3.8, 4) is 0 Å². The van der Waals surface area contributed by atoms with Gasteiger partial charge in [-0.05, 0) is 36.3 Å². The highest BCUT2D eigenvalue weighted by atomic mass is 16.4. The third-order valence-corrected chi connectivity index (χ3v) is 3.46. The van der Waals surface area contributed by atoms with Crippen molar-refractivity contribution in [2.75, 3.05) is 13.1 Å². The first-order chi connectivity index (χ1) is 8.20. The maximum Gasteiger partial charge on any atom is 0.407 e. The van der Waals surface area contributed by atoms with Crippen LogP contribution in [0.4, 0.5) is 4.79 Å². The summed E-state index contributed by atoms with van der Waals surface area (Å²) in [6.45, 7) is 3.39. The number of amides is 1. The number of carboxylic acid groups (broad SMARTS) is 1. The molecule has 1 aromatic heterocycles. The largest absolute Gasteiger partial charge is 0.465 e. The van der Waals surface area contributed by atoms with Gasteiger partial charge in [0, 0.05) is 25.5 Å². The van der Waals surface area contributed by atoms with Crippen LogP contribution >= 0.6 is 0 Å². The number of aromatic nitrogens is 1. The Kier molecular flexibility index (Phi) is 3.61. The lowest BCUT2D eigenvalue weighted by atomic mass is 9.90. The average Bonchev–Trinajstić information content (AvgIpc) is 2.39. The van der Waals surface area contributed by atoms with Crippen LogP contribution in [0.1, 0.15) is 36.8 Å². The van der Waals surface area contributed by atoms with Crippen LogP contribution < -0.4 is 0 Å². The minimum Gasteiger partial charge on any atom is -0.465 e. The first-order valence-electron chi connectivity index (χ1n) is 6.12. The molecule has 0 bridgehead atoms. The van der Waals surface area contributed by atoms with Crippen LogP contribution in [0.3, 0.4) is 0 Å². The van der Waals surface area contributed by atoms with Gasteiger partial charge in [-0.3, -0.25) is 4.98 Å². The van der Waals surface area contributed by atoms with Crippen molar-refractivity contribution in [3.63, 3.8) is 0 Å². The smallest absolute Gasteiger partial charge is 0.407 e. The molecule has 0 unspecified atom stereocenters. The number of nitrogens with zero attached hydrogens (tertiary/aromatic N) is 2. The van der Waals surface area contributed by atoms with Gasteiger partial charge in [-0.25, -0.2) is 4.79 Å². The van der Waals surface area contributed by atoms with Crippen LogP contribution in [-0.4, -0.2) is 34.2 Å². The van der Waals surface area contributed by atoms with Crippen molar-refractivity contribution in [3.05, 3.63) is 29.6 Å². The molecular formula is C13H18N2O2. The molecule has 1 aliphatic rings. The summed E-state index contributed by atoms with van der Waals surface area (Å²) in [6.07, 6.45) is 5.82. The SMILES string of the molecule is CCc1cncc(C2CCN(C(=O)O)CC2)c1. The molecule has 2 heterocycles. The van der Waals surface area contributed by atoms with Crippen molar-refractivity contribution in [1.29, 1.82) is 0 Å². The molecule has 0 spiro atoms. The van der Waals surface area contributed by atoms with Gasteiger partial charge in [0.25, 0.3) is 0 Å². The highest BCUT2D eigenvalue weighted by Gasteiger charge is 2.23. The van der Waals surface area contributed by atoms with Crippen LogP contribution in [0, 0.1) is 0 Å². The van der Waals surface area contributed by atoms with Crippen molar-refractivity contribution >= 4 is 6.09 Å². The zero-order valence-corrected chi connectivity index (χ0v) is 10.1. The number of likely N-dealkylation sites (tertiary alicyclic amines) is 1. The van der Waals surface area contributed by atoms with Crippen molar-refractivity contribution in [2.24, 2.45) is 0 Å². The molecule has 1 amide bonds. The number of piperidine rings is 1. The number of hydrogen-bond acceptors (Lipinski definition) is 2. The molecule has 1 fully saturated rings. The normalized spacial score (nSPS) is 17.1. The first kappa shape index (κ1) is 11.9. The molecule has 2 rings (SSSR count). The van der Waals surface area contributed by atoms with Crippen molar-refractivity contribution in [1.82, 2.24) is 9.88 Å². The number of hydrogen-bond donors (Lipinski definition) is 1. The van der Waals surface area contributed by atoms with E-state index in [1.807, 2.05) is 12.4 Å². The zero-order valence-electron chi connectivity index (χ0n) is 10.1. The summed E-state index contributed by atoms with van der Waals surface area (Å²) in [6, 6.07) is 2.20. The molecule has 0 aromatic carbocycles. The summed E-state index contributed by atoms with van der Waals surface area (Å²) in [5.41, 5.74) is 2.51. The fourth-order valence-electron chi connectivity index (χ4n) is 2.33. The van der Waals surface area contributed by atoms with Crippen molar-refractivity contribution < 1.29 is 9.90 Å². The Morgan fingerprint density at radius 2 is 2.18 bits per heavy atom. The standard InChI is InChI=1S/C13H18N2O2/c1-2-10-7-12(9-14-8-10)11-3-5-15(6-4-11)13(16)17/h7-9,11H,2-6H2,1H3,(H,16,17). The van der Waals surface area contributed by atoms with Crippen LogP contribution in [0.15, 0.2) is 18.5 Å². The molecule has 1 aromatic rings. The van der Waals surface area contributed by atoms with Gasteiger partial charge in [-0.1, -0.05) is 13.0 Å². The fourth-order valence-corrected chi connectivity index (χ4v) is 2.33. The second kappa shape index (κ2) is 5.17. The Bertz CT molecular complexity index is 398. The van der Waals surface area contributed by atoms with Crippen molar-refractivity contribution in [2.45, 2.75) is 32.1 Å². The maximum atomic E-state index is 10.8. The number of rotatable bonds is 2. The minimum atomic E-state index is -0.802. The lowest BCUT2D eigenvalue weighted by Gasteiger charge is -2.30. The Labute approximate surface area is 101 Å². The number of aryl methyl sites for hydroxylation is 1. The summed E-state index contributed by atoms with van der Waals surface area (Å²) in [4.78, 5) is 16.6. The molecule has 1 saturated heterocycles. The first-order valence-corrected chi connectivity index (χ1v) is 6.12. The van der Waals surface area contributed by atoms with Crippen LogP contribution in [0.5, 0.6) is 0 Å². The highest BCUT2D eigenvalue weighted by molar-refractivity contribution is 5.65. The van der Waals surface area contributed by atoms with Gasteiger partial charge in [0.05, 0.1) is 0 Å². The van der Waals surface area contributed by atoms with Crippen LogP contribution in [0.2, 0.25) is 0 Å². The van der Waals surface area contributed by atoms with E-state index < -0.39 is 6.09 Å². The average molecular weight is 234 g/mol. The van der Waals surface area contributed by atoms with E-state index in [-0.39, 0.29) is 0 Å². The monoisotopic (exact) mass is 234 g/mol. The van der Waals surface area contributed by atoms with E-state index in [9.17, 15) is 4.79 Å². The molecule has 0 radical (unpaired) electrons. The van der Waals surface area contributed by atoms with Crippen LogP contribution in [-0.2, 0) is 6.42 Å². The van der Waals surface area contributed by atoms with E-state index in [4.69, 9.17) is 5.11 Å². The lowest BCUT2D eigenvalue weighted by Crippen LogP contribution is -2.36. The Balaban J connectivity index is 2.02. The predicted molar refractivity (Wildman–Crippen MR) is 65.2 cm³/mol. The van der Waals surface area contributed by atoms with E-state index in [0.29, 0.717) is 19.0 Å². The molecule has 0 aliphatic carbocycles. The van der Waals surface area contributed by atoms with E-state index in [1.54, 1.807) is 0 Å². The van der Waals surface area contributed by atoms with Gasteiger partial charge >= 0.3 is 6.09 Å². The second-order valence-corrected chi connectivity index (χ2v) is 4.52. The minimum absolute atomic E-state index is 0.463. The van der Waals surface area contributed by atoms with Gasteiger partial charge < -0.3 is 10.0 Å². The number of pyridine rings is 1. The Morgan fingerprint density at radius 3 is 2.76 bits per heavy atom. The van der Waals surface area contributed by atoms with E-state index >= 15 is 0 Å². The van der Waals surface area contributed by atoms with Gasteiger partial charge in [-0.2, -0.15) is 0 Å². The maximum absolute atomic E-state index is 10.8. The summed E-state index contributed by atoms with van der Waals surface area (Å²) in [7, 11) is 0. The fraction of sp³-hybridized carbons (Fsp3) is 0.538. The second-order valence-electron chi connectivity index (χ2n) is 4.52. The van der Waals surface area contributed by atoms with E-state index in [1.165, 1.54) is 16.0 Å². The topological polar surface area (TPSA) is 53.4 Å². The van der Waals surface area contributed by atoms with Gasteiger partial charge in [0.15, 0.2) is 0 Å². The predicted octanol–water partition coefficient (Wildman–Crippen LogP) is 2.50. The summed E-state index contributed by atoms with van der Waals surface area (Å²) < 4.78 is 0. The molecule has 4 nitrogen and oxygen atoms in total. The highest BCUT2D eigenvalue weighted by Crippen LogP contribution is 2.27. The third-order valence-electron chi connectivity index (χ3n) is 3.46. The quantitative estimate of drug-likeness (QED) is 0.855. The van der Waals surface area contributed by atoms with Gasteiger partial charge in [-0.15, -0.1) is 0 Å². The van der Waals surface area contributed by atoms with Gasteiger partial charge in [0.2, 0.25) is 0 Å². The molecule has 0 atom stereocenters. The lowest BCUT2D eigenvalue weighted by molar-refractivity contribution is 0.132. The van der Waals surface area contributed by atoms with E-state index in [0.717, 1.165) is 19.3 Å². The molecule has 92 valence electrons. The summed E-state index contributed by atoms with van der Waals surface area (Å²) in [5.74, 6) is 0.463. The molecular weight excluding hydrogens is 216 g/mol.